The minimum absolute atomic E-state index is 0.709. The van der Waals surface area contributed by atoms with Crippen molar-refractivity contribution in [3.05, 3.63) is 77.9 Å². The second kappa shape index (κ2) is 4.85. The lowest BCUT2D eigenvalue weighted by Crippen LogP contribution is -1.96. The topological polar surface area (TPSA) is 22.0 Å². The Bertz CT molecular complexity index is 1010. The molecule has 1 aromatic heterocycles. The van der Waals surface area contributed by atoms with Gasteiger partial charge in [0.2, 0.25) is 0 Å². The summed E-state index contributed by atoms with van der Waals surface area (Å²) in [5, 5.41) is 2.29. The molecule has 0 radical (unpaired) electrons. The number of aromatic nitrogens is 1. The molecule has 0 spiro atoms. The molecule has 1 heterocycles. The highest BCUT2D eigenvalue weighted by molar-refractivity contribution is 6.10. The van der Waals surface area contributed by atoms with Crippen molar-refractivity contribution in [2.75, 3.05) is 0 Å². The van der Waals surface area contributed by atoms with Crippen LogP contribution in [-0.2, 0) is 0 Å². The maximum atomic E-state index is 11.1. The predicted octanol–water partition coefficient (Wildman–Crippen LogP) is 4.90. The van der Waals surface area contributed by atoms with Crippen LogP contribution in [-0.4, -0.2) is 10.9 Å². The van der Waals surface area contributed by atoms with Crippen molar-refractivity contribution in [3.8, 4) is 5.69 Å². The first-order chi connectivity index (χ1) is 10.8. The normalized spacial score (nSPS) is 11.1. The van der Waals surface area contributed by atoms with Gasteiger partial charge >= 0.3 is 0 Å². The number of carbonyl (C=O) groups excluding carboxylic acids is 1. The van der Waals surface area contributed by atoms with Gasteiger partial charge in [0.25, 0.3) is 0 Å². The fourth-order valence-electron chi connectivity index (χ4n) is 3.14. The zero-order valence-electron chi connectivity index (χ0n) is 12.3. The second-order valence-electron chi connectivity index (χ2n) is 5.53. The minimum atomic E-state index is 0.709. The van der Waals surface area contributed by atoms with Gasteiger partial charge < -0.3 is 4.57 Å². The number of carbonyl (C=O) groups is 1. The van der Waals surface area contributed by atoms with E-state index in [4.69, 9.17) is 0 Å². The maximum absolute atomic E-state index is 11.1. The first-order valence-corrected chi connectivity index (χ1v) is 7.34. The number of aldehydes is 1. The highest BCUT2D eigenvalue weighted by Crippen LogP contribution is 2.33. The van der Waals surface area contributed by atoms with E-state index in [0.29, 0.717) is 5.56 Å². The summed E-state index contributed by atoms with van der Waals surface area (Å²) in [7, 11) is 0. The summed E-state index contributed by atoms with van der Waals surface area (Å²) < 4.78 is 2.27. The minimum Gasteiger partial charge on any atom is -0.309 e. The Hall–Kier alpha value is -2.87. The molecule has 4 aromatic rings. The van der Waals surface area contributed by atoms with Crippen LogP contribution in [0.1, 0.15) is 15.9 Å². The summed E-state index contributed by atoms with van der Waals surface area (Å²) in [5.41, 5.74) is 5.40. The van der Waals surface area contributed by atoms with E-state index in [9.17, 15) is 4.79 Å². The molecule has 0 aliphatic carbocycles. The van der Waals surface area contributed by atoms with Gasteiger partial charge in [-0.15, -0.1) is 0 Å². The zero-order chi connectivity index (χ0) is 15.1. The van der Waals surface area contributed by atoms with Crippen molar-refractivity contribution in [3.63, 3.8) is 0 Å². The van der Waals surface area contributed by atoms with Crippen molar-refractivity contribution in [1.82, 2.24) is 4.57 Å². The Morgan fingerprint density at radius 2 is 1.55 bits per heavy atom. The van der Waals surface area contributed by atoms with Crippen LogP contribution in [0.15, 0.2) is 66.7 Å². The first-order valence-electron chi connectivity index (χ1n) is 7.34. The number of fused-ring (bicyclic) bond motifs is 3. The van der Waals surface area contributed by atoms with E-state index in [0.717, 1.165) is 22.7 Å². The predicted molar refractivity (Wildman–Crippen MR) is 90.9 cm³/mol. The summed E-state index contributed by atoms with van der Waals surface area (Å²) in [6, 6.07) is 22.6. The zero-order valence-corrected chi connectivity index (χ0v) is 12.3. The summed E-state index contributed by atoms with van der Waals surface area (Å²) in [4.78, 5) is 11.1. The Kier molecular flexibility index (Phi) is 2.83. The number of nitrogens with zero attached hydrogens (tertiary/aromatic N) is 1. The third kappa shape index (κ3) is 1.77. The van der Waals surface area contributed by atoms with Crippen LogP contribution in [0.4, 0.5) is 0 Å². The lowest BCUT2D eigenvalue weighted by molar-refractivity contribution is 0.112. The summed E-state index contributed by atoms with van der Waals surface area (Å²) >= 11 is 0. The molecule has 106 valence electrons. The molecule has 0 aliphatic heterocycles. The van der Waals surface area contributed by atoms with Crippen molar-refractivity contribution in [2.45, 2.75) is 6.92 Å². The number of hydrogen-bond donors (Lipinski definition) is 0. The third-order valence-electron chi connectivity index (χ3n) is 4.19. The summed E-state index contributed by atoms with van der Waals surface area (Å²) in [5.74, 6) is 0. The Morgan fingerprint density at radius 3 is 2.36 bits per heavy atom. The number of benzene rings is 3. The number of rotatable bonds is 2. The average molecular weight is 285 g/mol. The van der Waals surface area contributed by atoms with Gasteiger partial charge in [0.1, 0.15) is 6.29 Å². The molecule has 0 unspecified atom stereocenters. The molecule has 0 saturated carbocycles. The van der Waals surface area contributed by atoms with Gasteiger partial charge in [0.15, 0.2) is 0 Å². The van der Waals surface area contributed by atoms with Crippen LogP contribution < -0.4 is 0 Å². The smallest absolute Gasteiger partial charge is 0.150 e. The summed E-state index contributed by atoms with van der Waals surface area (Å²) in [6.07, 6.45) is 0.902. The summed E-state index contributed by atoms with van der Waals surface area (Å²) in [6.45, 7) is 2.12. The molecule has 0 atom stereocenters. The Balaban J connectivity index is 2.21. The van der Waals surface area contributed by atoms with E-state index < -0.39 is 0 Å². The fraction of sp³-hybridized carbons (Fsp3) is 0.0500. The molecule has 4 rings (SSSR count). The van der Waals surface area contributed by atoms with E-state index >= 15 is 0 Å². The molecule has 3 aromatic carbocycles. The lowest BCUT2D eigenvalue weighted by atomic mass is 10.1. The Morgan fingerprint density at radius 1 is 0.818 bits per heavy atom. The third-order valence-corrected chi connectivity index (χ3v) is 4.19. The molecule has 0 aliphatic rings. The molecule has 0 bridgehead atoms. The van der Waals surface area contributed by atoms with E-state index in [1.54, 1.807) is 0 Å². The molecular weight excluding hydrogens is 270 g/mol. The molecule has 22 heavy (non-hydrogen) atoms. The monoisotopic (exact) mass is 285 g/mol. The van der Waals surface area contributed by atoms with Gasteiger partial charge in [-0.25, -0.2) is 0 Å². The van der Waals surface area contributed by atoms with Gasteiger partial charge in [0, 0.05) is 22.0 Å². The van der Waals surface area contributed by atoms with Crippen molar-refractivity contribution >= 4 is 28.1 Å². The average Bonchev–Trinajstić information content (AvgIpc) is 2.89. The molecule has 2 nitrogen and oxygen atoms in total. The van der Waals surface area contributed by atoms with Crippen LogP contribution in [0, 0.1) is 6.92 Å². The fourth-order valence-corrected chi connectivity index (χ4v) is 3.14. The highest BCUT2D eigenvalue weighted by atomic mass is 16.1. The van der Waals surface area contributed by atoms with Crippen LogP contribution in [0.2, 0.25) is 0 Å². The van der Waals surface area contributed by atoms with E-state index in [1.165, 1.54) is 16.6 Å². The van der Waals surface area contributed by atoms with Crippen molar-refractivity contribution in [2.24, 2.45) is 0 Å². The maximum Gasteiger partial charge on any atom is 0.150 e. The van der Waals surface area contributed by atoms with Crippen molar-refractivity contribution < 1.29 is 4.79 Å². The molecule has 0 fully saturated rings. The Labute approximate surface area is 128 Å². The number of aryl methyl sites for hydroxylation is 1. The van der Waals surface area contributed by atoms with E-state index in [1.807, 2.05) is 24.3 Å². The van der Waals surface area contributed by atoms with Crippen LogP contribution in [0.25, 0.3) is 27.5 Å². The molecule has 2 heteroatoms. The highest BCUT2D eigenvalue weighted by Gasteiger charge is 2.13. The SMILES string of the molecule is Cc1ccccc1-n1c2ccccc2c2cc(C=O)ccc21. The van der Waals surface area contributed by atoms with E-state index in [2.05, 4.69) is 54.0 Å². The molecular formula is C20H15NO. The van der Waals surface area contributed by atoms with Crippen molar-refractivity contribution in [1.29, 1.82) is 0 Å². The standard InChI is InChI=1S/C20H15NO/c1-14-6-2-4-8-18(14)21-19-9-5-3-7-16(19)17-12-15(13-22)10-11-20(17)21/h2-13H,1H3. The van der Waals surface area contributed by atoms with Gasteiger partial charge in [-0.3, -0.25) is 4.79 Å². The van der Waals surface area contributed by atoms with Gasteiger partial charge in [0.05, 0.1) is 11.0 Å². The van der Waals surface area contributed by atoms with Gasteiger partial charge in [-0.05, 0) is 42.8 Å². The van der Waals surface area contributed by atoms with Crippen LogP contribution in [0.3, 0.4) is 0 Å². The second-order valence-corrected chi connectivity index (χ2v) is 5.53. The van der Waals surface area contributed by atoms with E-state index in [-0.39, 0.29) is 0 Å². The van der Waals surface area contributed by atoms with Crippen LogP contribution in [0.5, 0.6) is 0 Å². The van der Waals surface area contributed by atoms with Crippen LogP contribution >= 0.6 is 0 Å². The quantitative estimate of drug-likeness (QED) is 0.480. The molecule has 0 saturated heterocycles. The molecule has 0 N–H and O–H groups in total. The number of hydrogen-bond acceptors (Lipinski definition) is 1. The first kappa shape index (κ1) is 12.8. The van der Waals surface area contributed by atoms with Gasteiger partial charge in [-0.1, -0.05) is 36.4 Å². The lowest BCUT2D eigenvalue weighted by Gasteiger charge is -2.10. The van der Waals surface area contributed by atoms with Gasteiger partial charge in [-0.2, -0.15) is 0 Å². The number of para-hydroxylation sites is 2. The molecule has 0 amide bonds. The largest absolute Gasteiger partial charge is 0.309 e.